The van der Waals surface area contributed by atoms with Crippen molar-refractivity contribution in [3.05, 3.63) is 29.3 Å². The number of nitrogens with zero attached hydrogens (tertiary/aromatic N) is 3. The van der Waals surface area contributed by atoms with Gasteiger partial charge in [-0.2, -0.15) is 0 Å². The molecule has 0 aliphatic heterocycles. The third-order valence-corrected chi connectivity index (χ3v) is 6.43. The van der Waals surface area contributed by atoms with Gasteiger partial charge in [-0.1, -0.05) is 55.2 Å². The predicted octanol–water partition coefficient (Wildman–Crippen LogP) is 5.30. The van der Waals surface area contributed by atoms with Gasteiger partial charge in [-0.3, -0.25) is 15.0 Å². The average Bonchev–Trinajstić information content (AvgIpc) is 3.22. The molecular formula is C22H29ClN4O2. The highest BCUT2D eigenvalue weighted by Gasteiger charge is 2.30. The van der Waals surface area contributed by atoms with Crippen LogP contribution in [0.3, 0.4) is 0 Å². The van der Waals surface area contributed by atoms with Crippen LogP contribution in [0, 0.1) is 0 Å². The highest BCUT2D eigenvalue weighted by molar-refractivity contribution is 6.30. The quantitative estimate of drug-likeness (QED) is 0.692. The van der Waals surface area contributed by atoms with Crippen LogP contribution in [-0.2, 0) is 4.79 Å². The van der Waals surface area contributed by atoms with Crippen LogP contribution in [0.5, 0.6) is 0 Å². The van der Waals surface area contributed by atoms with Crippen molar-refractivity contribution in [1.29, 1.82) is 0 Å². The summed E-state index contributed by atoms with van der Waals surface area (Å²) in [5.41, 5.74) is 0.772. The van der Waals surface area contributed by atoms with Crippen molar-refractivity contribution < 1.29 is 9.21 Å². The first-order valence-electron chi connectivity index (χ1n) is 10.8. The van der Waals surface area contributed by atoms with Crippen LogP contribution in [0.2, 0.25) is 5.02 Å². The zero-order valence-electron chi connectivity index (χ0n) is 16.8. The molecule has 0 unspecified atom stereocenters. The Hall–Kier alpha value is -1.92. The number of benzene rings is 1. The van der Waals surface area contributed by atoms with E-state index in [1.165, 1.54) is 64.2 Å². The molecule has 0 atom stereocenters. The number of hydrogen-bond donors (Lipinski definition) is 1. The lowest BCUT2D eigenvalue weighted by Gasteiger charge is -2.41. The summed E-state index contributed by atoms with van der Waals surface area (Å²) in [6.07, 6.45) is 12.5. The molecule has 1 aromatic carbocycles. The van der Waals surface area contributed by atoms with E-state index in [1.54, 1.807) is 12.1 Å². The number of halogens is 1. The molecule has 1 N–H and O–H groups in total. The van der Waals surface area contributed by atoms with Crippen LogP contribution in [0.25, 0.3) is 11.5 Å². The Balaban J connectivity index is 1.40. The lowest BCUT2D eigenvalue weighted by atomic mass is 9.88. The standard InChI is InChI=1S/C22H29ClN4O2/c23-17-13-11-16(12-14-17)21-25-26-22(29-21)24-20(28)15-27(18-7-3-1-4-8-18)19-9-5-2-6-10-19/h11-14,18-19H,1-10,15H2,(H,24,26,28). The van der Waals surface area contributed by atoms with Crippen molar-refractivity contribution in [3.63, 3.8) is 0 Å². The Morgan fingerprint density at radius 1 is 0.966 bits per heavy atom. The molecule has 1 heterocycles. The second kappa shape index (κ2) is 9.72. The minimum atomic E-state index is -0.0764. The van der Waals surface area contributed by atoms with E-state index in [9.17, 15) is 4.79 Å². The average molecular weight is 417 g/mol. The first kappa shape index (κ1) is 20.4. The molecular weight excluding hydrogens is 388 g/mol. The summed E-state index contributed by atoms with van der Waals surface area (Å²) in [5.74, 6) is 0.292. The Labute approximate surface area is 177 Å². The molecule has 4 rings (SSSR count). The van der Waals surface area contributed by atoms with E-state index >= 15 is 0 Å². The molecule has 0 spiro atoms. The third kappa shape index (κ3) is 5.37. The highest BCUT2D eigenvalue weighted by atomic mass is 35.5. The second-order valence-corrected chi connectivity index (χ2v) is 8.66. The van der Waals surface area contributed by atoms with Crippen LogP contribution in [0.15, 0.2) is 28.7 Å². The molecule has 0 radical (unpaired) electrons. The number of rotatable bonds is 6. The van der Waals surface area contributed by atoms with Crippen molar-refractivity contribution in [1.82, 2.24) is 15.1 Å². The van der Waals surface area contributed by atoms with Gasteiger partial charge >= 0.3 is 6.01 Å². The van der Waals surface area contributed by atoms with Crippen LogP contribution in [0.1, 0.15) is 64.2 Å². The van der Waals surface area contributed by atoms with E-state index in [-0.39, 0.29) is 11.9 Å². The maximum atomic E-state index is 12.8. The lowest BCUT2D eigenvalue weighted by molar-refractivity contribution is -0.119. The number of anilines is 1. The van der Waals surface area contributed by atoms with E-state index in [1.807, 2.05) is 12.1 Å². The number of carbonyl (C=O) groups excluding carboxylic acids is 1. The van der Waals surface area contributed by atoms with Gasteiger partial charge in [-0.15, -0.1) is 5.10 Å². The summed E-state index contributed by atoms with van der Waals surface area (Å²) in [7, 11) is 0. The zero-order chi connectivity index (χ0) is 20.1. The number of nitrogens with one attached hydrogen (secondary N) is 1. The van der Waals surface area contributed by atoms with Crippen LogP contribution in [0.4, 0.5) is 6.01 Å². The minimum Gasteiger partial charge on any atom is -0.403 e. The maximum Gasteiger partial charge on any atom is 0.322 e. The SMILES string of the molecule is O=C(CN(C1CCCCC1)C1CCCCC1)Nc1nnc(-c2ccc(Cl)cc2)o1. The molecule has 156 valence electrons. The summed E-state index contributed by atoms with van der Waals surface area (Å²) in [4.78, 5) is 15.3. The van der Waals surface area contributed by atoms with Crippen molar-refractivity contribution >= 4 is 23.5 Å². The molecule has 7 heteroatoms. The normalized spacial score (nSPS) is 18.8. The molecule has 2 aromatic rings. The second-order valence-electron chi connectivity index (χ2n) is 8.22. The van der Waals surface area contributed by atoms with Gasteiger partial charge in [0.2, 0.25) is 11.8 Å². The molecule has 0 saturated heterocycles. The fraction of sp³-hybridized carbons (Fsp3) is 0.591. The molecule has 2 aliphatic carbocycles. The van der Waals surface area contributed by atoms with Gasteiger partial charge in [0.05, 0.1) is 6.54 Å². The monoisotopic (exact) mass is 416 g/mol. The largest absolute Gasteiger partial charge is 0.403 e. The van der Waals surface area contributed by atoms with Crippen molar-refractivity contribution in [2.24, 2.45) is 0 Å². The molecule has 1 aromatic heterocycles. The first-order chi connectivity index (χ1) is 14.2. The van der Waals surface area contributed by atoms with E-state index in [2.05, 4.69) is 20.4 Å². The van der Waals surface area contributed by atoms with Gasteiger partial charge in [-0.25, -0.2) is 0 Å². The van der Waals surface area contributed by atoms with Gasteiger partial charge in [0.25, 0.3) is 0 Å². The zero-order valence-corrected chi connectivity index (χ0v) is 17.5. The molecule has 29 heavy (non-hydrogen) atoms. The van der Waals surface area contributed by atoms with Crippen molar-refractivity contribution in [3.8, 4) is 11.5 Å². The summed E-state index contributed by atoms with van der Waals surface area (Å²) < 4.78 is 5.64. The van der Waals surface area contributed by atoms with Gasteiger partial charge in [0, 0.05) is 22.7 Å². The lowest BCUT2D eigenvalue weighted by Crippen LogP contribution is -2.48. The van der Waals surface area contributed by atoms with Gasteiger partial charge in [0.15, 0.2) is 0 Å². The maximum absolute atomic E-state index is 12.8. The number of hydrogen-bond acceptors (Lipinski definition) is 5. The number of amides is 1. The molecule has 0 bridgehead atoms. The van der Waals surface area contributed by atoms with E-state index in [0.717, 1.165) is 5.56 Å². The van der Waals surface area contributed by atoms with Gasteiger partial charge in [0.1, 0.15) is 0 Å². The Morgan fingerprint density at radius 3 is 2.14 bits per heavy atom. The summed E-state index contributed by atoms with van der Waals surface area (Å²) in [5, 5.41) is 11.5. The van der Waals surface area contributed by atoms with E-state index in [0.29, 0.717) is 29.5 Å². The molecule has 2 aliphatic rings. The molecule has 6 nitrogen and oxygen atoms in total. The summed E-state index contributed by atoms with van der Waals surface area (Å²) in [6.45, 7) is 0.397. The number of aromatic nitrogens is 2. The van der Waals surface area contributed by atoms with Crippen LogP contribution in [-0.4, -0.2) is 39.6 Å². The summed E-state index contributed by atoms with van der Waals surface area (Å²) >= 11 is 5.92. The van der Waals surface area contributed by atoms with Crippen LogP contribution < -0.4 is 5.32 Å². The van der Waals surface area contributed by atoms with Gasteiger partial charge in [-0.05, 0) is 49.9 Å². The summed E-state index contributed by atoms with van der Waals surface area (Å²) in [6, 6.07) is 8.35. The van der Waals surface area contributed by atoms with Crippen molar-refractivity contribution in [2.75, 3.05) is 11.9 Å². The predicted molar refractivity (Wildman–Crippen MR) is 114 cm³/mol. The Morgan fingerprint density at radius 2 is 1.55 bits per heavy atom. The van der Waals surface area contributed by atoms with Crippen LogP contribution >= 0.6 is 11.6 Å². The van der Waals surface area contributed by atoms with Crippen molar-refractivity contribution in [2.45, 2.75) is 76.3 Å². The third-order valence-electron chi connectivity index (χ3n) is 6.18. The smallest absolute Gasteiger partial charge is 0.322 e. The molecule has 2 saturated carbocycles. The van der Waals surface area contributed by atoms with E-state index < -0.39 is 0 Å². The van der Waals surface area contributed by atoms with Gasteiger partial charge < -0.3 is 4.42 Å². The highest BCUT2D eigenvalue weighted by Crippen LogP contribution is 2.30. The molecule has 2 fully saturated rings. The Kier molecular flexibility index (Phi) is 6.82. The fourth-order valence-corrected chi connectivity index (χ4v) is 4.82. The Bertz CT molecular complexity index is 777. The molecule has 1 amide bonds. The minimum absolute atomic E-state index is 0.0764. The number of carbonyl (C=O) groups is 1. The topological polar surface area (TPSA) is 71.3 Å². The van der Waals surface area contributed by atoms with E-state index in [4.69, 9.17) is 16.0 Å². The fourth-order valence-electron chi connectivity index (χ4n) is 4.69. The first-order valence-corrected chi connectivity index (χ1v) is 11.2.